The largest absolute Gasteiger partial charge is 0.494 e. The molecule has 0 bridgehead atoms. The Morgan fingerprint density at radius 1 is 0.867 bits per heavy atom. The number of ether oxygens (including phenoxy) is 3. The molecule has 0 saturated heterocycles. The third-order valence-corrected chi connectivity index (χ3v) is 4.60. The second kappa shape index (κ2) is 9.78. The summed E-state index contributed by atoms with van der Waals surface area (Å²) in [5, 5.41) is 0. The molecule has 6 heteroatoms. The lowest BCUT2D eigenvalue weighted by Gasteiger charge is -2.10. The van der Waals surface area contributed by atoms with Crippen LogP contribution in [0.4, 0.5) is 0 Å². The maximum absolute atomic E-state index is 12.6. The van der Waals surface area contributed by atoms with Gasteiger partial charge in [-0.05, 0) is 63.2 Å². The normalized spacial score (nSPS) is 10.5. The second-order valence-corrected chi connectivity index (χ2v) is 6.73. The minimum Gasteiger partial charge on any atom is -0.494 e. The summed E-state index contributed by atoms with van der Waals surface area (Å²) < 4.78 is 17.9. The smallest absolute Gasteiger partial charge is 0.344 e. The van der Waals surface area contributed by atoms with Crippen LogP contribution in [0.2, 0.25) is 0 Å². The minimum atomic E-state index is -0.603. The molecule has 0 unspecified atom stereocenters. The summed E-state index contributed by atoms with van der Waals surface area (Å²) in [7, 11) is 0. The summed E-state index contributed by atoms with van der Waals surface area (Å²) in [5.74, 6) is 0.396. The van der Waals surface area contributed by atoms with Crippen LogP contribution in [0.15, 0.2) is 60.7 Å². The molecular formula is C24H25NO5. The Kier molecular flexibility index (Phi) is 6.91. The molecular weight excluding hydrogens is 382 g/mol. The van der Waals surface area contributed by atoms with Crippen molar-refractivity contribution in [2.45, 2.75) is 20.8 Å². The number of para-hydroxylation sites is 1. The first kappa shape index (κ1) is 21.2. The van der Waals surface area contributed by atoms with E-state index in [1.54, 1.807) is 24.3 Å². The molecule has 2 aromatic carbocycles. The molecule has 0 atom stereocenters. The first-order valence-corrected chi connectivity index (χ1v) is 9.78. The average Bonchev–Trinajstić information content (AvgIpc) is 3.06. The molecule has 0 amide bonds. The van der Waals surface area contributed by atoms with Gasteiger partial charge >= 0.3 is 5.97 Å². The van der Waals surface area contributed by atoms with Crippen LogP contribution in [-0.2, 0) is 9.53 Å². The Labute approximate surface area is 176 Å². The van der Waals surface area contributed by atoms with Crippen LogP contribution in [0.1, 0.15) is 28.7 Å². The molecule has 6 nitrogen and oxygen atoms in total. The Balaban J connectivity index is 1.55. The fourth-order valence-corrected chi connectivity index (χ4v) is 3.23. The highest BCUT2D eigenvalue weighted by atomic mass is 16.6. The Morgan fingerprint density at radius 3 is 2.13 bits per heavy atom. The van der Waals surface area contributed by atoms with E-state index in [0.29, 0.717) is 17.9 Å². The summed E-state index contributed by atoms with van der Waals surface area (Å²) in [6.07, 6.45) is 0. The SMILES string of the molecule is CCOc1ccc(OCC(=O)OCC(=O)c2cc(C)n(-c3ccccc3)c2C)cc1. The second-order valence-electron chi connectivity index (χ2n) is 6.73. The van der Waals surface area contributed by atoms with Gasteiger partial charge in [0.1, 0.15) is 11.5 Å². The van der Waals surface area contributed by atoms with Crippen molar-refractivity contribution in [1.29, 1.82) is 0 Å². The van der Waals surface area contributed by atoms with Gasteiger partial charge in [-0.3, -0.25) is 4.79 Å². The predicted octanol–water partition coefficient (Wildman–Crippen LogP) is 4.30. The zero-order chi connectivity index (χ0) is 21.5. The third-order valence-electron chi connectivity index (χ3n) is 4.60. The molecule has 156 valence electrons. The summed E-state index contributed by atoms with van der Waals surface area (Å²) >= 11 is 0. The number of aryl methyl sites for hydroxylation is 1. The highest BCUT2D eigenvalue weighted by Gasteiger charge is 2.18. The van der Waals surface area contributed by atoms with Crippen molar-refractivity contribution in [3.63, 3.8) is 0 Å². The Bertz CT molecular complexity index is 1010. The van der Waals surface area contributed by atoms with Crippen molar-refractivity contribution in [3.8, 4) is 17.2 Å². The van der Waals surface area contributed by atoms with Gasteiger partial charge in [-0.2, -0.15) is 0 Å². The molecule has 0 aliphatic heterocycles. The van der Waals surface area contributed by atoms with Gasteiger partial charge in [-0.25, -0.2) is 4.79 Å². The number of nitrogens with zero attached hydrogens (tertiary/aromatic N) is 1. The topological polar surface area (TPSA) is 66.8 Å². The van der Waals surface area contributed by atoms with Crippen LogP contribution in [0.3, 0.4) is 0 Å². The summed E-state index contributed by atoms with van der Waals surface area (Å²) in [4.78, 5) is 24.6. The molecule has 0 saturated carbocycles. The van der Waals surface area contributed by atoms with Crippen LogP contribution in [0.25, 0.3) is 5.69 Å². The van der Waals surface area contributed by atoms with E-state index in [-0.39, 0.29) is 19.0 Å². The number of aromatic nitrogens is 1. The molecule has 3 rings (SSSR count). The molecule has 0 aliphatic rings. The molecule has 0 fully saturated rings. The van der Waals surface area contributed by atoms with Gasteiger partial charge in [-0.15, -0.1) is 0 Å². The van der Waals surface area contributed by atoms with Crippen molar-refractivity contribution in [2.75, 3.05) is 19.8 Å². The van der Waals surface area contributed by atoms with Gasteiger partial charge in [0.2, 0.25) is 5.78 Å². The number of ketones is 1. The highest BCUT2D eigenvalue weighted by molar-refractivity contribution is 5.99. The van der Waals surface area contributed by atoms with E-state index < -0.39 is 5.97 Å². The van der Waals surface area contributed by atoms with Crippen molar-refractivity contribution in [2.24, 2.45) is 0 Å². The van der Waals surface area contributed by atoms with Crippen molar-refractivity contribution in [3.05, 3.63) is 77.6 Å². The van der Waals surface area contributed by atoms with E-state index in [0.717, 1.165) is 22.8 Å². The van der Waals surface area contributed by atoms with Crippen molar-refractivity contribution in [1.82, 2.24) is 4.57 Å². The number of benzene rings is 2. The molecule has 0 spiro atoms. The number of Topliss-reactive ketones (excluding diaryl/α,β-unsaturated/α-hetero) is 1. The van der Waals surface area contributed by atoms with E-state index in [9.17, 15) is 9.59 Å². The summed E-state index contributed by atoms with van der Waals surface area (Å²) in [6.45, 7) is 5.70. The van der Waals surface area contributed by atoms with Gasteiger partial charge in [0.25, 0.3) is 0 Å². The highest BCUT2D eigenvalue weighted by Crippen LogP contribution is 2.21. The monoisotopic (exact) mass is 407 g/mol. The lowest BCUT2D eigenvalue weighted by Crippen LogP contribution is -2.19. The predicted molar refractivity (Wildman–Crippen MR) is 114 cm³/mol. The molecule has 30 heavy (non-hydrogen) atoms. The number of esters is 1. The zero-order valence-electron chi connectivity index (χ0n) is 17.4. The average molecular weight is 407 g/mol. The van der Waals surface area contributed by atoms with Crippen molar-refractivity contribution < 1.29 is 23.8 Å². The third kappa shape index (κ3) is 5.08. The van der Waals surface area contributed by atoms with E-state index in [1.165, 1.54) is 0 Å². The molecule has 0 aliphatic carbocycles. The quantitative estimate of drug-likeness (QED) is 0.391. The Morgan fingerprint density at radius 2 is 1.50 bits per heavy atom. The van der Waals surface area contributed by atoms with Crippen molar-refractivity contribution >= 4 is 11.8 Å². The molecule has 1 heterocycles. The van der Waals surface area contributed by atoms with Gasteiger partial charge in [-0.1, -0.05) is 18.2 Å². The summed E-state index contributed by atoms with van der Waals surface area (Å²) in [6, 6.07) is 18.5. The zero-order valence-corrected chi connectivity index (χ0v) is 17.4. The number of carbonyl (C=O) groups is 2. The van der Waals surface area contributed by atoms with Crippen LogP contribution in [0, 0.1) is 13.8 Å². The minimum absolute atomic E-state index is 0.250. The van der Waals surface area contributed by atoms with Gasteiger partial charge < -0.3 is 18.8 Å². The fraction of sp³-hybridized carbons (Fsp3) is 0.250. The molecule has 0 N–H and O–H groups in total. The van der Waals surface area contributed by atoms with Crippen LogP contribution >= 0.6 is 0 Å². The van der Waals surface area contributed by atoms with E-state index in [1.807, 2.05) is 61.7 Å². The maximum atomic E-state index is 12.6. The van der Waals surface area contributed by atoms with Crippen LogP contribution in [0.5, 0.6) is 11.5 Å². The Hall–Kier alpha value is -3.54. The lowest BCUT2D eigenvalue weighted by molar-refractivity contribution is -0.144. The maximum Gasteiger partial charge on any atom is 0.344 e. The number of carbonyl (C=O) groups excluding carboxylic acids is 2. The first-order chi connectivity index (χ1) is 14.5. The molecule has 3 aromatic rings. The molecule has 0 radical (unpaired) electrons. The first-order valence-electron chi connectivity index (χ1n) is 9.78. The number of hydrogen-bond acceptors (Lipinski definition) is 5. The lowest BCUT2D eigenvalue weighted by atomic mass is 10.1. The molecule has 1 aromatic heterocycles. The van der Waals surface area contributed by atoms with Gasteiger partial charge in [0.05, 0.1) is 6.61 Å². The number of rotatable bonds is 9. The van der Waals surface area contributed by atoms with E-state index in [4.69, 9.17) is 14.2 Å². The fourth-order valence-electron chi connectivity index (χ4n) is 3.23. The summed E-state index contributed by atoms with van der Waals surface area (Å²) in [5.41, 5.74) is 3.27. The van der Waals surface area contributed by atoms with Crippen LogP contribution in [-0.4, -0.2) is 36.1 Å². The van der Waals surface area contributed by atoms with E-state index in [2.05, 4.69) is 0 Å². The van der Waals surface area contributed by atoms with Crippen LogP contribution < -0.4 is 9.47 Å². The van der Waals surface area contributed by atoms with Gasteiger partial charge in [0.15, 0.2) is 13.2 Å². The standard InChI is InChI=1S/C24H25NO5/c1-4-28-20-10-12-21(13-11-20)29-16-24(27)30-15-23(26)22-14-17(2)25(18(22)3)19-8-6-5-7-9-19/h5-14H,4,15-16H2,1-3H3. The van der Waals surface area contributed by atoms with E-state index >= 15 is 0 Å². The number of hydrogen-bond donors (Lipinski definition) is 0. The van der Waals surface area contributed by atoms with Gasteiger partial charge in [0, 0.05) is 22.6 Å².